The van der Waals surface area contributed by atoms with E-state index >= 15 is 0 Å². The Hall–Kier alpha value is -1.56. The molecule has 2 aromatic rings. The monoisotopic (exact) mass is 356 g/mol. The summed E-state index contributed by atoms with van der Waals surface area (Å²) >= 11 is 0. The Kier molecular flexibility index (Phi) is 8.09. The minimum absolute atomic E-state index is 0. The first-order chi connectivity index (χ1) is 10.3. The third-order valence-electron chi connectivity index (χ3n) is 3.78. The minimum Gasteiger partial charge on any atom is -0.352 e. The standard InChI is InChI=1S/C16H20N4O.2ClH/c21-16(18-11-13-5-8-17-9-6-13)7-10-20-12-19-14-3-1-2-4-15(14)20;;/h1-5,12,17H,6-11H2,(H,18,21);2*1H. The molecule has 0 saturated carbocycles. The van der Waals surface area contributed by atoms with E-state index in [4.69, 9.17) is 0 Å². The average molecular weight is 357 g/mol. The van der Waals surface area contributed by atoms with Crippen LogP contribution < -0.4 is 10.6 Å². The van der Waals surface area contributed by atoms with Crippen molar-refractivity contribution in [2.45, 2.75) is 19.4 Å². The fourth-order valence-corrected chi connectivity index (χ4v) is 2.54. The zero-order valence-electron chi connectivity index (χ0n) is 12.8. The summed E-state index contributed by atoms with van der Waals surface area (Å²) in [5.74, 6) is 0.0900. The lowest BCUT2D eigenvalue weighted by Crippen LogP contribution is -2.30. The maximum atomic E-state index is 11.9. The summed E-state index contributed by atoms with van der Waals surface area (Å²) in [5.41, 5.74) is 3.36. The molecule has 7 heteroatoms. The number of para-hydroxylation sites is 2. The summed E-state index contributed by atoms with van der Waals surface area (Å²) in [6.07, 6.45) is 5.46. The van der Waals surface area contributed by atoms with Gasteiger partial charge in [-0.15, -0.1) is 24.8 Å². The molecule has 1 aromatic heterocycles. The molecule has 5 nitrogen and oxygen atoms in total. The lowest BCUT2D eigenvalue weighted by atomic mass is 10.1. The normalized spacial score (nSPS) is 13.7. The van der Waals surface area contributed by atoms with Gasteiger partial charge >= 0.3 is 0 Å². The highest BCUT2D eigenvalue weighted by atomic mass is 35.5. The fraction of sp³-hybridized carbons (Fsp3) is 0.375. The number of carbonyl (C=O) groups is 1. The zero-order chi connectivity index (χ0) is 14.5. The van der Waals surface area contributed by atoms with Crippen LogP contribution in [-0.2, 0) is 11.3 Å². The second kappa shape index (κ2) is 9.55. The number of nitrogens with zero attached hydrogens (tertiary/aromatic N) is 2. The predicted octanol–water partition coefficient (Wildman–Crippen LogP) is 2.31. The van der Waals surface area contributed by atoms with E-state index in [0.717, 1.165) is 30.5 Å². The van der Waals surface area contributed by atoms with Crippen molar-refractivity contribution in [3.05, 3.63) is 42.2 Å². The van der Waals surface area contributed by atoms with Gasteiger partial charge in [-0.25, -0.2) is 4.98 Å². The van der Waals surface area contributed by atoms with Crippen molar-refractivity contribution in [1.82, 2.24) is 20.2 Å². The molecule has 2 N–H and O–H groups in total. The van der Waals surface area contributed by atoms with Crippen molar-refractivity contribution in [2.24, 2.45) is 0 Å². The second-order valence-corrected chi connectivity index (χ2v) is 5.27. The van der Waals surface area contributed by atoms with E-state index in [1.807, 2.05) is 28.8 Å². The molecule has 126 valence electrons. The Balaban J connectivity index is 0.00000132. The highest BCUT2D eigenvalue weighted by molar-refractivity contribution is 5.85. The third kappa shape index (κ3) is 5.23. The molecule has 0 spiro atoms. The molecule has 3 rings (SSSR count). The van der Waals surface area contributed by atoms with Crippen LogP contribution in [0.5, 0.6) is 0 Å². The van der Waals surface area contributed by atoms with Crippen LogP contribution in [0.15, 0.2) is 42.2 Å². The summed E-state index contributed by atoms with van der Waals surface area (Å²) in [6, 6.07) is 7.97. The van der Waals surface area contributed by atoms with Gasteiger partial charge in [0.05, 0.1) is 17.4 Å². The first-order valence-electron chi connectivity index (χ1n) is 7.38. The van der Waals surface area contributed by atoms with E-state index in [2.05, 4.69) is 21.7 Å². The molecule has 23 heavy (non-hydrogen) atoms. The van der Waals surface area contributed by atoms with Crippen LogP contribution in [0, 0.1) is 0 Å². The summed E-state index contributed by atoms with van der Waals surface area (Å²) in [5, 5.41) is 6.26. The highest BCUT2D eigenvalue weighted by Gasteiger charge is 2.07. The quantitative estimate of drug-likeness (QED) is 0.808. The van der Waals surface area contributed by atoms with Crippen molar-refractivity contribution >= 4 is 41.8 Å². The molecule has 1 aliphatic heterocycles. The van der Waals surface area contributed by atoms with Gasteiger partial charge in [-0.05, 0) is 25.1 Å². The van der Waals surface area contributed by atoms with Gasteiger partial charge in [0, 0.05) is 26.1 Å². The van der Waals surface area contributed by atoms with E-state index in [1.54, 1.807) is 6.33 Å². The van der Waals surface area contributed by atoms with Gasteiger partial charge in [-0.3, -0.25) is 4.79 Å². The molecule has 0 atom stereocenters. The van der Waals surface area contributed by atoms with Gasteiger partial charge < -0.3 is 15.2 Å². The largest absolute Gasteiger partial charge is 0.352 e. The van der Waals surface area contributed by atoms with E-state index in [-0.39, 0.29) is 30.7 Å². The fourth-order valence-electron chi connectivity index (χ4n) is 2.54. The molecular formula is C16H22Cl2N4O. The van der Waals surface area contributed by atoms with Gasteiger partial charge in [-0.1, -0.05) is 23.8 Å². The number of carbonyl (C=O) groups excluding carboxylic acids is 1. The number of benzene rings is 1. The van der Waals surface area contributed by atoms with Crippen molar-refractivity contribution in [1.29, 1.82) is 0 Å². The summed E-state index contributed by atoms with van der Waals surface area (Å²) in [4.78, 5) is 16.3. The van der Waals surface area contributed by atoms with Crippen LogP contribution in [0.25, 0.3) is 11.0 Å². The molecular weight excluding hydrogens is 335 g/mol. The molecule has 0 fully saturated rings. The lowest BCUT2D eigenvalue weighted by molar-refractivity contribution is -0.121. The van der Waals surface area contributed by atoms with Gasteiger partial charge in [0.1, 0.15) is 0 Å². The highest BCUT2D eigenvalue weighted by Crippen LogP contribution is 2.12. The zero-order valence-corrected chi connectivity index (χ0v) is 14.5. The Morgan fingerprint density at radius 3 is 2.91 bits per heavy atom. The molecule has 1 aromatic carbocycles. The van der Waals surface area contributed by atoms with Crippen molar-refractivity contribution in [3.8, 4) is 0 Å². The summed E-state index contributed by atoms with van der Waals surface area (Å²) < 4.78 is 2.03. The SMILES string of the molecule is Cl.Cl.O=C(CCn1cnc2ccccc21)NCC1=CCNCC1. The summed E-state index contributed by atoms with van der Waals surface area (Å²) in [6.45, 7) is 3.24. The molecule has 0 radical (unpaired) electrons. The number of aromatic nitrogens is 2. The predicted molar refractivity (Wildman–Crippen MR) is 97.4 cm³/mol. The topological polar surface area (TPSA) is 59.0 Å². The van der Waals surface area contributed by atoms with Gasteiger partial charge in [0.15, 0.2) is 0 Å². The number of hydrogen-bond donors (Lipinski definition) is 2. The number of aryl methyl sites for hydroxylation is 1. The minimum atomic E-state index is 0. The van der Waals surface area contributed by atoms with Gasteiger partial charge in [-0.2, -0.15) is 0 Å². The van der Waals surface area contributed by atoms with E-state index in [0.29, 0.717) is 19.5 Å². The van der Waals surface area contributed by atoms with Crippen LogP contribution in [0.1, 0.15) is 12.8 Å². The average Bonchev–Trinajstić information content (AvgIpc) is 2.95. The first kappa shape index (κ1) is 19.5. The van der Waals surface area contributed by atoms with E-state index < -0.39 is 0 Å². The number of amides is 1. The number of hydrogen-bond acceptors (Lipinski definition) is 3. The molecule has 0 unspecified atom stereocenters. The Morgan fingerprint density at radius 1 is 1.30 bits per heavy atom. The van der Waals surface area contributed by atoms with Crippen molar-refractivity contribution in [3.63, 3.8) is 0 Å². The Labute approximate surface area is 148 Å². The molecule has 1 amide bonds. The van der Waals surface area contributed by atoms with Crippen LogP contribution in [-0.4, -0.2) is 35.1 Å². The Morgan fingerprint density at radius 2 is 2.13 bits per heavy atom. The number of fused-ring (bicyclic) bond motifs is 1. The maximum absolute atomic E-state index is 11.9. The van der Waals surface area contributed by atoms with Gasteiger partial charge in [0.2, 0.25) is 5.91 Å². The van der Waals surface area contributed by atoms with Crippen LogP contribution in [0.2, 0.25) is 0 Å². The second-order valence-electron chi connectivity index (χ2n) is 5.27. The van der Waals surface area contributed by atoms with Crippen LogP contribution >= 0.6 is 24.8 Å². The lowest BCUT2D eigenvalue weighted by Gasteiger charge is -2.14. The van der Waals surface area contributed by atoms with Gasteiger partial charge in [0.25, 0.3) is 0 Å². The smallest absolute Gasteiger partial charge is 0.222 e. The van der Waals surface area contributed by atoms with E-state index in [9.17, 15) is 4.79 Å². The number of nitrogens with one attached hydrogen (secondary N) is 2. The molecule has 0 saturated heterocycles. The summed E-state index contributed by atoms with van der Waals surface area (Å²) in [7, 11) is 0. The van der Waals surface area contributed by atoms with Crippen molar-refractivity contribution < 1.29 is 4.79 Å². The number of imidazole rings is 1. The van der Waals surface area contributed by atoms with Crippen LogP contribution in [0.3, 0.4) is 0 Å². The molecule has 2 heterocycles. The molecule has 0 bridgehead atoms. The van der Waals surface area contributed by atoms with Crippen LogP contribution in [0.4, 0.5) is 0 Å². The first-order valence-corrected chi connectivity index (χ1v) is 7.38. The van der Waals surface area contributed by atoms with Crippen molar-refractivity contribution in [2.75, 3.05) is 19.6 Å². The molecule has 0 aliphatic carbocycles. The molecule has 1 aliphatic rings. The maximum Gasteiger partial charge on any atom is 0.222 e. The number of halogens is 2. The van der Waals surface area contributed by atoms with E-state index in [1.165, 1.54) is 5.57 Å². The number of rotatable bonds is 5. The third-order valence-corrected chi connectivity index (χ3v) is 3.78. The Bertz CT molecular complexity index is 669.